The summed E-state index contributed by atoms with van der Waals surface area (Å²) in [5, 5.41) is 22.2. The highest BCUT2D eigenvalue weighted by Crippen LogP contribution is 2.53. The zero-order valence-electron chi connectivity index (χ0n) is 14.3. The first-order valence-corrected chi connectivity index (χ1v) is 8.94. The van der Waals surface area contributed by atoms with Crippen LogP contribution in [0.2, 0.25) is 0 Å². The number of aliphatic hydroxyl groups is 2. The standard InChI is InChI=1S/C22H20O4/c23-9-10-26-22-8-7-15(11-16(22)12-22)18-13-25-19-6-5-14-3-1-2-4-17(14)20(19)21(18)24/h1-8,11,13,16,21,23-24H,9-10,12H2. The van der Waals surface area contributed by atoms with Gasteiger partial charge < -0.3 is 19.7 Å². The van der Waals surface area contributed by atoms with Gasteiger partial charge in [0.25, 0.3) is 0 Å². The molecule has 0 bridgehead atoms. The molecule has 2 aromatic carbocycles. The second-order valence-electron chi connectivity index (χ2n) is 7.09. The molecule has 2 aliphatic carbocycles. The predicted molar refractivity (Wildman–Crippen MR) is 98.7 cm³/mol. The third kappa shape index (κ3) is 2.34. The number of aliphatic hydroxyl groups excluding tert-OH is 2. The Balaban J connectivity index is 1.48. The lowest BCUT2D eigenvalue weighted by molar-refractivity contribution is 0.0327. The van der Waals surface area contributed by atoms with Crippen molar-refractivity contribution < 1.29 is 19.7 Å². The summed E-state index contributed by atoms with van der Waals surface area (Å²) < 4.78 is 11.6. The van der Waals surface area contributed by atoms with Gasteiger partial charge in [-0.05, 0) is 28.8 Å². The fraction of sp³-hybridized carbons (Fsp3) is 0.273. The number of benzene rings is 2. The molecule has 132 valence electrons. The molecule has 2 aromatic rings. The van der Waals surface area contributed by atoms with Crippen LogP contribution in [0.5, 0.6) is 5.75 Å². The molecule has 4 nitrogen and oxygen atoms in total. The lowest BCUT2D eigenvalue weighted by Gasteiger charge is -2.26. The van der Waals surface area contributed by atoms with Crippen LogP contribution < -0.4 is 4.74 Å². The quantitative estimate of drug-likeness (QED) is 0.889. The van der Waals surface area contributed by atoms with Crippen molar-refractivity contribution in [3.8, 4) is 5.75 Å². The Bertz CT molecular complexity index is 971. The van der Waals surface area contributed by atoms with Crippen molar-refractivity contribution in [3.05, 3.63) is 77.6 Å². The summed E-state index contributed by atoms with van der Waals surface area (Å²) in [6.45, 7) is 0.373. The number of allylic oxidation sites excluding steroid dienone is 1. The minimum Gasteiger partial charge on any atom is -0.464 e. The Labute approximate surface area is 151 Å². The van der Waals surface area contributed by atoms with Crippen LogP contribution in [0.1, 0.15) is 18.1 Å². The zero-order chi connectivity index (χ0) is 17.7. The van der Waals surface area contributed by atoms with Crippen LogP contribution in [0, 0.1) is 5.92 Å². The molecule has 3 aliphatic rings. The molecule has 1 saturated carbocycles. The van der Waals surface area contributed by atoms with Crippen LogP contribution >= 0.6 is 0 Å². The van der Waals surface area contributed by atoms with E-state index in [0.717, 1.165) is 33.9 Å². The lowest BCUT2D eigenvalue weighted by Crippen LogP contribution is -2.19. The molecule has 3 unspecified atom stereocenters. The van der Waals surface area contributed by atoms with Crippen molar-refractivity contribution in [2.75, 3.05) is 13.2 Å². The zero-order valence-corrected chi connectivity index (χ0v) is 14.3. The average molecular weight is 348 g/mol. The SMILES string of the molecule is OCCOC12C=CC(C3=COc4ccc5ccccc5c4C3O)=CC1C2. The van der Waals surface area contributed by atoms with E-state index in [-0.39, 0.29) is 18.1 Å². The van der Waals surface area contributed by atoms with E-state index in [4.69, 9.17) is 14.6 Å². The van der Waals surface area contributed by atoms with Crippen LogP contribution in [0.15, 0.2) is 72.0 Å². The molecule has 4 heteroatoms. The summed E-state index contributed by atoms with van der Waals surface area (Å²) in [4.78, 5) is 0. The molecule has 0 spiro atoms. The smallest absolute Gasteiger partial charge is 0.133 e. The first kappa shape index (κ1) is 15.8. The topological polar surface area (TPSA) is 58.9 Å². The third-order valence-corrected chi connectivity index (χ3v) is 5.54. The Hall–Kier alpha value is -2.40. The first-order chi connectivity index (χ1) is 12.7. The van der Waals surface area contributed by atoms with Gasteiger partial charge in [0.1, 0.15) is 11.9 Å². The number of fused-ring (bicyclic) bond motifs is 4. The van der Waals surface area contributed by atoms with Gasteiger partial charge in [-0.1, -0.05) is 48.6 Å². The van der Waals surface area contributed by atoms with Crippen molar-refractivity contribution >= 4 is 10.8 Å². The molecule has 1 fully saturated rings. The summed E-state index contributed by atoms with van der Waals surface area (Å²) in [7, 11) is 0. The largest absolute Gasteiger partial charge is 0.464 e. The Kier molecular flexibility index (Phi) is 3.54. The molecule has 2 N–H and O–H groups in total. The molecule has 5 rings (SSSR count). The van der Waals surface area contributed by atoms with Gasteiger partial charge in [0.15, 0.2) is 0 Å². The molecule has 0 saturated heterocycles. The van der Waals surface area contributed by atoms with Crippen LogP contribution in [0.25, 0.3) is 10.8 Å². The highest BCUT2D eigenvalue weighted by molar-refractivity contribution is 5.89. The fourth-order valence-electron chi connectivity index (χ4n) is 4.05. The molecule has 0 aromatic heterocycles. The van der Waals surface area contributed by atoms with Crippen molar-refractivity contribution in [1.29, 1.82) is 0 Å². The van der Waals surface area contributed by atoms with Crippen molar-refractivity contribution in [3.63, 3.8) is 0 Å². The van der Waals surface area contributed by atoms with Gasteiger partial charge in [-0.3, -0.25) is 0 Å². The van der Waals surface area contributed by atoms with E-state index in [2.05, 4.69) is 12.2 Å². The maximum atomic E-state index is 11.1. The molecule has 26 heavy (non-hydrogen) atoms. The van der Waals surface area contributed by atoms with E-state index in [1.807, 2.05) is 42.5 Å². The van der Waals surface area contributed by atoms with Crippen LogP contribution in [-0.2, 0) is 4.74 Å². The fourth-order valence-corrected chi connectivity index (χ4v) is 4.05. The number of hydrogen-bond donors (Lipinski definition) is 2. The third-order valence-electron chi connectivity index (χ3n) is 5.54. The van der Waals surface area contributed by atoms with E-state index in [9.17, 15) is 5.11 Å². The van der Waals surface area contributed by atoms with Gasteiger partial charge in [-0.2, -0.15) is 0 Å². The van der Waals surface area contributed by atoms with Crippen LogP contribution in [0.4, 0.5) is 0 Å². The maximum absolute atomic E-state index is 11.1. The van der Waals surface area contributed by atoms with Gasteiger partial charge in [0, 0.05) is 17.1 Å². The molecule has 0 amide bonds. The highest BCUT2D eigenvalue weighted by atomic mass is 16.5. The van der Waals surface area contributed by atoms with E-state index in [1.165, 1.54) is 0 Å². The normalized spacial score (nSPS) is 28.7. The Morgan fingerprint density at radius 3 is 2.92 bits per heavy atom. The number of rotatable bonds is 4. The van der Waals surface area contributed by atoms with E-state index in [0.29, 0.717) is 12.4 Å². The van der Waals surface area contributed by atoms with E-state index < -0.39 is 6.10 Å². The molecule has 3 atom stereocenters. The summed E-state index contributed by atoms with van der Waals surface area (Å²) >= 11 is 0. The van der Waals surface area contributed by atoms with Crippen molar-refractivity contribution in [2.45, 2.75) is 18.1 Å². The Morgan fingerprint density at radius 2 is 2.08 bits per heavy atom. The second-order valence-corrected chi connectivity index (χ2v) is 7.09. The maximum Gasteiger partial charge on any atom is 0.133 e. The van der Waals surface area contributed by atoms with Gasteiger partial charge in [-0.25, -0.2) is 0 Å². The summed E-state index contributed by atoms with van der Waals surface area (Å²) in [6.07, 6.45) is 8.03. The van der Waals surface area contributed by atoms with Gasteiger partial charge >= 0.3 is 0 Å². The van der Waals surface area contributed by atoms with Gasteiger partial charge in [-0.15, -0.1) is 0 Å². The molecular weight excluding hydrogens is 328 g/mol. The lowest BCUT2D eigenvalue weighted by atomic mass is 9.88. The monoisotopic (exact) mass is 348 g/mol. The predicted octanol–water partition coefficient (Wildman–Crippen LogP) is 3.41. The van der Waals surface area contributed by atoms with Crippen molar-refractivity contribution in [1.82, 2.24) is 0 Å². The van der Waals surface area contributed by atoms with Crippen molar-refractivity contribution in [2.24, 2.45) is 5.92 Å². The Morgan fingerprint density at radius 1 is 1.19 bits per heavy atom. The van der Waals surface area contributed by atoms with E-state index in [1.54, 1.807) is 6.26 Å². The van der Waals surface area contributed by atoms with Crippen LogP contribution in [-0.4, -0.2) is 29.0 Å². The summed E-state index contributed by atoms with van der Waals surface area (Å²) in [5.41, 5.74) is 2.30. The average Bonchev–Trinajstić information content (AvgIpc) is 3.40. The first-order valence-electron chi connectivity index (χ1n) is 8.94. The second kappa shape index (κ2) is 5.81. The summed E-state index contributed by atoms with van der Waals surface area (Å²) in [6, 6.07) is 11.9. The number of ether oxygens (including phenoxy) is 2. The summed E-state index contributed by atoms with van der Waals surface area (Å²) in [5.74, 6) is 0.989. The molecule has 1 heterocycles. The highest BCUT2D eigenvalue weighted by Gasteiger charge is 2.54. The van der Waals surface area contributed by atoms with Crippen LogP contribution in [0.3, 0.4) is 0 Å². The van der Waals surface area contributed by atoms with E-state index >= 15 is 0 Å². The number of hydrogen-bond acceptors (Lipinski definition) is 4. The van der Waals surface area contributed by atoms with Gasteiger partial charge in [0.05, 0.1) is 25.1 Å². The minimum atomic E-state index is -0.731. The molecule has 0 radical (unpaired) electrons. The van der Waals surface area contributed by atoms with Gasteiger partial charge in [0.2, 0.25) is 0 Å². The minimum absolute atomic E-state index is 0.0282. The molecule has 1 aliphatic heterocycles. The molecular formula is C22H20O4.